The maximum Gasteiger partial charge on any atom is 0.418 e. The van der Waals surface area contributed by atoms with Crippen LogP contribution in [0.1, 0.15) is 24.8 Å². The first-order chi connectivity index (χ1) is 18.8. The molecule has 1 unspecified atom stereocenters. The lowest BCUT2D eigenvalue weighted by Gasteiger charge is -2.19. The van der Waals surface area contributed by atoms with Gasteiger partial charge in [0.25, 0.3) is 0 Å². The van der Waals surface area contributed by atoms with Crippen molar-refractivity contribution >= 4 is 27.8 Å². The second-order valence-electron chi connectivity index (χ2n) is 10.8. The molecule has 198 valence electrons. The van der Waals surface area contributed by atoms with Crippen molar-refractivity contribution in [2.45, 2.75) is 32.0 Å². The molecule has 0 radical (unpaired) electrons. The van der Waals surface area contributed by atoms with Crippen LogP contribution in [0.25, 0.3) is 44.5 Å². The summed E-state index contributed by atoms with van der Waals surface area (Å²) in [5.74, 6) is 0.913. The van der Waals surface area contributed by atoms with Crippen LogP contribution in [0.15, 0.2) is 72.9 Å². The zero-order chi connectivity index (χ0) is 26.7. The number of hydrogen-bond acceptors (Lipinski definition) is 2. The predicted octanol–water partition coefficient (Wildman–Crippen LogP) is 7.13. The van der Waals surface area contributed by atoms with Crippen molar-refractivity contribution in [1.29, 1.82) is 0 Å². The van der Waals surface area contributed by atoms with Crippen LogP contribution < -0.4 is 0 Å². The van der Waals surface area contributed by atoms with Gasteiger partial charge in [0.2, 0.25) is 5.91 Å². The summed E-state index contributed by atoms with van der Waals surface area (Å²) >= 11 is 0. The van der Waals surface area contributed by atoms with Crippen LogP contribution in [-0.2, 0) is 17.5 Å². The number of para-hydroxylation sites is 1. The highest BCUT2D eigenvalue weighted by Gasteiger charge is 2.38. The Morgan fingerprint density at radius 3 is 2.49 bits per heavy atom. The Balaban J connectivity index is 1.27. The minimum absolute atomic E-state index is 0.0666. The number of carbonyl (C=O) groups is 1. The van der Waals surface area contributed by atoms with Gasteiger partial charge < -0.3 is 14.5 Å². The number of halogens is 3. The normalized spacial score (nSPS) is 17.9. The first-order valence-corrected chi connectivity index (χ1v) is 13.4. The van der Waals surface area contributed by atoms with E-state index in [1.165, 1.54) is 6.07 Å². The van der Waals surface area contributed by atoms with E-state index in [1.807, 2.05) is 41.4 Å². The quantitative estimate of drug-likeness (QED) is 0.264. The summed E-state index contributed by atoms with van der Waals surface area (Å²) in [5, 5.41) is 1.13. The average molecular weight is 529 g/mol. The summed E-state index contributed by atoms with van der Waals surface area (Å²) in [6.07, 6.45) is 0.0628. The number of imidazole rings is 1. The van der Waals surface area contributed by atoms with Gasteiger partial charge in [0, 0.05) is 42.8 Å². The fourth-order valence-corrected chi connectivity index (χ4v) is 5.88. The minimum Gasteiger partial charge on any atom is -0.361 e. The molecule has 8 heteroatoms. The number of H-pyrrole nitrogens is 1. The molecule has 2 aliphatic rings. The zero-order valence-corrected chi connectivity index (χ0v) is 21.2. The van der Waals surface area contributed by atoms with Crippen LogP contribution in [0.2, 0.25) is 0 Å². The number of nitrogens with one attached hydrogen (secondary N) is 1. The molecular formula is C31H27F3N4O. The third kappa shape index (κ3) is 4.37. The van der Waals surface area contributed by atoms with Crippen molar-refractivity contribution in [2.24, 2.45) is 11.8 Å². The number of benzene rings is 3. The Hall–Kier alpha value is -4.07. The van der Waals surface area contributed by atoms with Gasteiger partial charge in [0.05, 0.1) is 16.6 Å². The molecule has 0 spiro atoms. The van der Waals surface area contributed by atoms with Crippen molar-refractivity contribution in [3.63, 3.8) is 0 Å². The van der Waals surface area contributed by atoms with Gasteiger partial charge >= 0.3 is 6.18 Å². The van der Waals surface area contributed by atoms with Gasteiger partial charge in [-0.25, -0.2) is 4.98 Å². The summed E-state index contributed by atoms with van der Waals surface area (Å²) in [7, 11) is 0. The monoisotopic (exact) mass is 528 g/mol. The van der Waals surface area contributed by atoms with Crippen LogP contribution in [-0.4, -0.2) is 38.4 Å². The number of carbonyl (C=O) groups excluding carboxylic acids is 1. The Bertz CT molecular complexity index is 1690. The maximum absolute atomic E-state index is 14.1. The number of aromatic nitrogens is 3. The molecule has 5 aromatic rings. The first-order valence-electron chi connectivity index (χ1n) is 13.4. The molecule has 1 N–H and O–H groups in total. The van der Waals surface area contributed by atoms with Crippen molar-refractivity contribution in [2.75, 3.05) is 13.1 Å². The fraction of sp³-hybridized carbons (Fsp3) is 0.290. The number of aromatic amines is 1. The first kappa shape index (κ1) is 24.0. The number of likely N-dealkylation sites (tertiary alicyclic amines) is 1. The number of nitrogens with zero attached hydrogens (tertiary/aromatic N) is 3. The summed E-state index contributed by atoms with van der Waals surface area (Å²) in [6.45, 7) is 1.61. The van der Waals surface area contributed by atoms with Gasteiger partial charge in [0.15, 0.2) is 0 Å². The van der Waals surface area contributed by atoms with Crippen LogP contribution in [0.5, 0.6) is 0 Å². The third-order valence-electron chi connectivity index (χ3n) is 8.07. The summed E-state index contributed by atoms with van der Waals surface area (Å²) in [6, 6.07) is 20.2. The highest BCUT2D eigenvalue weighted by Crippen LogP contribution is 2.39. The molecule has 1 amide bonds. The van der Waals surface area contributed by atoms with E-state index in [0.29, 0.717) is 31.0 Å². The Morgan fingerprint density at radius 2 is 1.72 bits per heavy atom. The van der Waals surface area contributed by atoms with Crippen molar-refractivity contribution in [3.05, 3.63) is 78.5 Å². The van der Waals surface area contributed by atoms with Gasteiger partial charge in [0.1, 0.15) is 5.82 Å². The summed E-state index contributed by atoms with van der Waals surface area (Å²) < 4.78 is 44.1. The molecule has 2 aromatic heterocycles. The van der Waals surface area contributed by atoms with Crippen LogP contribution in [0.4, 0.5) is 13.2 Å². The number of amides is 1. The van der Waals surface area contributed by atoms with Gasteiger partial charge in [-0.05, 0) is 66.0 Å². The molecule has 2 fully saturated rings. The lowest BCUT2D eigenvalue weighted by molar-refractivity contribution is -0.136. The van der Waals surface area contributed by atoms with E-state index in [0.717, 1.165) is 52.9 Å². The van der Waals surface area contributed by atoms with Gasteiger partial charge in [-0.1, -0.05) is 42.5 Å². The number of fused-ring (bicyclic) bond motifs is 2. The average Bonchev–Trinajstić information content (AvgIpc) is 3.32. The molecule has 1 saturated carbocycles. The van der Waals surface area contributed by atoms with E-state index in [9.17, 15) is 18.0 Å². The second kappa shape index (κ2) is 9.00. The van der Waals surface area contributed by atoms with Gasteiger partial charge in [-0.3, -0.25) is 4.79 Å². The minimum atomic E-state index is -4.50. The summed E-state index contributed by atoms with van der Waals surface area (Å²) in [4.78, 5) is 22.4. The van der Waals surface area contributed by atoms with Crippen molar-refractivity contribution < 1.29 is 18.0 Å². The summed E-state index contributed by atoms with van der Waals surface area (Å²) in [5.41, 5.74) is 3.61. The molecule has 0 bridgehead atoms. The van der Waals surface area contributed by atoms with Crippen LogP contribution in [0.3, 0.4) is 0 Å². The molecule has 3 aromatic carbocycles. The Morgan fingerprint density at radius 1 is 0.949 bits per heavy atom. The van der Waals surface area contributed by atoms with Gasteiger partial charge in [-0.2, -0.15) is 13.2 Å². The standard InChI is InChI=1S/C31H27F3N4O/c32-31(33,34)25-2-1-3-26-28(25)38(18-19-13-15-37(17-19)30(39)23-9-10-23)29(36-26)22-7-4-20(5-8-22)24-11-6-21-12-14-35-27(21)16-24/h1-8,11-12,14,16,19,23,35H,9-10,13,15,17-18H2. The highest BCUT2D eigenvalue weighted by atomic mass is 19.4. The molecule has 1 saturated heterocycles. The van der Waals surface area contributed by atoms with Crippen molar-refractivity contribution in [3.8, 4) is 22.5 Å². The topological polar surface area (TPSA) is 53.9 Å². The third-order valence-corrected chi connectivity index (χ3v) is 8.07. The lowest BCUT2D eigenvalue weighted by atomic mass is 10.0. The number of rotatable bonds is 5. The highest BCUT2D eigenvalue weighted by molar-refractivity contribution is 5.86. The molecule has 3 heterocycles. The van der Waals surface area contributed by atoms with Crippen LogP contribution in [0, 0.1) is 11.8 Å². The second-order valence-corrected chi connectivity index (χ2v) is 10.8. The molecule has 1 aliphatic heterocycles. The van der Waals surface area contributed by atoms with Crippen LogP contribution >= 0.6 is 0 Å². The fourth-order valence-electron chi connectivity index (χ4n) is 5.88. The Kier molecular flexibility index (Phi) is 5.54. The van der Waals surface area contributed by atoms with E-state index in [1.54, 1.807) is 10.6 Å². The van der Waals surface area contributed by atoms with E-state index >= 15 is 0 Å². The number of alkyl halides is 3. The molecular weight excluding hydrogens is 501 g/mol. The largest absolute Gasteiger partial charge is 0.418 e. The number of hydrogen-bond donors (Lipinski definition) is 1. The molecule has 5 nitrogen and oxygen atoms in total. The zero-order valence-electron chi connectivity index (χ0n) is 21.2. The van der Waals surface area contributed by atoms with E-state index in [4.69, 9.17) is 4.98 Å². The Labute approximate surface area is 223 Å². The van der Waals surface area contributed by atoms with Gasteiger partial charge in [-0.15, -0.1) is 0 Å². The molecule has 1 atom stereocenters. The molecule has 7 rings (SSSR count). The molecule has 39 heavy (non-hydrogen) atoms. The van der Waals surface area contributed by atoms with Crippen molar-refractivity contribution in [1.82, 2.24) is 19.4 Å². The van der Waals surface area contributed by atoms with E-state index in [2.05, 4.69) is 23.2 Å². The SMILES string of the molecule is O=C(C1CC1)N1CCC(Cn2c(-c3ccc(-c4ccc5cc[nH]c5c4)cc3)nc3cccc(C(F)(F)F)c32)C1. The maximum atomic E-state index is 14.1. The smallest absolute Gasteiger partial charge is 0.361 e. The van der Waals surface area contributed by atoms with E-state index in [-0.39, 0.29) is 23.3 Å². The molecule has 1 aliphatic carbocycles. The predicted molar refractivity (Wildman–Crippen MR) is 145 cm³/mol. The van der Waals surface area contributed by atoms with E-state index < -0.39 is 11.7 Å². The lowest BCUT2D eigenvalue weighted by Crippen LogP contribution is -2.30.